The number of aromatic amines is 1. The van der Waals surface area contributed by atoms with E-state index in [9.17, 15) is 14.7 Å². The number of para-hydroxylation sites is 1. The minimum absolute atomic E-state index is 0.0350. The van der Waals surface area contributed by atoms with Crippen LogP contribution < -0.4 is 4.74 Å². The van der Waals surface area contributed by atoms with Crippen molar-refractivity contribution >= 4 is 28.4 Å². The Balaban J connectivity index is 1.54. The van der Waals surface area contributed by atoms with E-state index in [1.54, 1.807) is 55.8 Å². The van der Waals surface area contributed by atoms with E-state index in [2.05, 4.69) is 9.97 Å². The first-order valence-electron chi connectivity index (χ1n) is 11.0. The Hall–Kier alpha value is -4.39. The molecule has 0 spiro atoms. The number of carbonyl (C=O) groups excluding carboxylic acids is 2. The SMILES string of the molecule is COc1ccc(C(O)=C2C(=O)C(=O)N(CCc3c[nH]c4ccccc34)C2c2ccccn2)cc1. The summed E-state index contributed by atoms with van der Waals surface area (Å²) in [7, 11) is 1.55. The van der Waals surface area contributed by atoms with Gasteiger partial charge in [-0.25, -0.2) is 0 Å². The lowest BCUT2D eigenvalue weighted by Gasteiger charge is -2.24. The van der Waals surface area contributed by atoms with E-state index >= 15 is 0 Å². The molecule has 2 N–H and O–H groups in total. The van der Waals surface area contributed by atoms with E-state index < -0.39 is 17.7 Å². The highest BCUT2D eigenvalue weighted by Gasteiger charge is 2.46. The number of likely N-dealkylation sites (tertiary alicyclic amines) is 1. The average molecular weight is 453 g/mol. The van der Waals surface area contributed by atoms with E-state index in [1.165, 1.54) is 4.90 Å². The average Bonchev–Trinajstić information content (AvgIpc) is 3.41. The summed E-state index contributed by atoms with van der Waals surface area (Å²) in [4.78, 5) is 35.4. The normalized spacial score (nSPS) is 17.4. The molecule has 1 fully saturated rings. The molecule has 2 aromatic heterocycles. The summed E-state index contributed by atoms with van der Waals surface area (Å²) in [6, 6.07) is 19.2. The lowest BCUT2D eigenvalue weighted by atomic mass is 9.98. The number of amides is 1. The number of aliphatic hydroxyl groups excluding tert-OH is 1. The fraction of sp³-hybridized carbons (Fsp3) is 0.148. The summed E-state index contributed by atoms with van der Waals surface area (Å²) >= 11 is 0. The van der Waals surface area contributed by atoms with Crippen molar-refractivity contribution in [2.24, 2.45) is 0 Å². The van der Waals surface area contributed by atoms with Crippen LogP contribution in [0, 0.1) is 0 Å². The number of carbonyl (C=O) groups is 2. The third-order valence-corrected chi connectivity index (χ3v) is 6.17. The molecule has 7 nitrogen and oxygen atoms in total. The van der Waals surface area contributed by atoms with Crippen LogP contribution in [0.2, 0.25) is 0 Å². The number of ketones is 1. The molecule has 0 bridgehead atoms. The Morgan fingerprint density at radius 1 is 1.06 bits per heavy atom. The fourth-order valence-corrected chi connectivity index (χ4v) is 4.44. The molecule has 7 heteroatoms. The van der Waals surface area contributed by atoms with Crippen LogP contribution >= 0.6 is 0 Å². The van der Waals surface area contributed by atoms with Crippen LogP contribution in [0.3, 0.4) is 0 Å². The molecule has 34 heavy (non-hydrogen) atoms. The van der Waals surface area contributed by atoms with Crippen molar-refractivity contribution in [1.29, 1.82) is 0 Å². The van der Waals surface area contributed by atoms with E-state index in [0.29, 0.717) is 30.0 Å². The van der Waals surface area contributed by atoms with Crippen LogP contribution in [0.25, 0.3) is 16.7 Å². The zero-order valence-electron chi connectivity index (χ0n) is 18.6. The number of hydrogen-bond donors (Lipinski definition) is 2. The zero-order valence-corrected chi connectivity index (χ0v) is 18.6. The van der Waals surface area contributed by atoms with Crippen molar-refractivity contribution in [2.75, 3.05) is 13.7 Å². The molecule has 170 valence electrons. The predicted molar refractivity (Wildman–Crippen MR) is 128 cm³/mol. The second-order valence-electron chi connectivity index (χ2n) is 8.09. The Kier molecular flexibility index (Phi) is 5.59. The van der Waals surface area contributed by atoms with Gasteiger partial charge in [-0.05, 0) is 54.4 Å². The number of ether oxygens (including phenoxy) is 1. The van der Waals surface area contributed by atoms with Gasteiger partial charge in [0.25, 0.3) is 11.7 Å². The van der Waals surface area contributed by atoms with Gasteiger partial charge >= 0.3 is 0 Å². The number of nitrogens with zero attached hydrogens (tertiary/aromatic N) is 2. The van der Waals surface area contributed by atoms with Crippen LogP contribution in [0.15, 0.2) is 84.7 Å². The predicted octanol–water partition coefficient (Wildman–Crippen LogP) is 4.24. The molecule has 5 rings (SSSR count). The Labute approximate surface area is 196 Å². The maximum absolute atomic E-state index is 13.1. The van der Waals surface area contributed by atoms with Crippen LogP contribution in [-0.4, -0.2) is 45.3 Å². The number of fused-ring (bicyclic) bond motifs is 1. The lowest BCUT2D eigenvalue weighted by molar-refractivity contribution is -0.139. The van der Waals surface area contributed by atoms with E-state index in [1.807, 2.05) is 30.5 Å². The monoisotopic (exact) mass is 453 g/mol. The Morgan fingerprint density at radius 3 is 2.56 bits per heavy atom. The van der Waals surface area contributed by atoms with Crippen molar-refractivity contribution in [3.8, 4) is 5.75 Å². The fourth-order valence-electron chi connectivity index (χ4n) is 4.44. The number of hydrogen-bond acceptors (Lipinski definition) is 5. The van der Waals surface area contributed by atoms with E-state index in [-0.39, 0.29) is 11.3 Å². The summed E-state index contributed by atoms with van der Waals surface area (Å²) in [6.45, 7) is 0.299. The molecule has 1 aliphatic rings. The minimum atomic E-state index is -0.784. The van der Waals surface area contributed by atoms with Gasteiger partial charge in [0.2, 0.25) is 0 Å². The van der Waals surface area contributed by atoms with Gasteiger partial charge in [0.1, 0.15) is 17.6 Å². The molecule has 1 atom stereocenters. The standard InChI is InChI=1S/C27H23N3O4/c1-34-19-11-9-17(10-12-19)25(31)23-24(22-8-4-5-14-28-22)30(27(33)26(23)32)15-13-18-16-29-21-7-3-2-6-20(18)21/h2-12,14,16,24,29,31H,13,15H2,1H3. The molecule has 1 aliphatic heterocycles. The number of benzene rings is 2. The van der Waals surface area contributed by atoms with Gasteiger partial charge in [0, 0.05) is 35.4 Å². The summed E-state index contributed by atoms with van der Waals surface area (Å²) in [5.41, 5.74) is 3.05. The van der Waals surface area contributed by atoms with Gasteiger partial charge in [-0.1, -0.05) is 24.3 Å². The molecule has 1 amide bonds. The van der Waals surface area contributed by atoms with Crippen molar-refractivity contribution < 1.29 is 19.4 Å². The maximum atomic E-state index is 13.1. The summed E-state index contributed by atoms with van der Waals surface area (Å²) < 4.78 is 5.18. The molecule has 0 radical (unpaired) electrons. The molecule has 2 aromatic carbocycles. The van der Waals surface area contributed by atoms with E-state index in [0.717, 1.165) is 16.5 Å². The maximum Gasteiger partial charge on any atom is 0.295 e. The summed E-state index contributed by atoms with van der Waals surface area (Å²) in [6.07, 6.45) is 4.08. The third kappa shape index (κ3) is 3.71. The quantitative estimate of drug-likeness (QED) is 0.259. The highest BCUT2D eigenvalue weighted by atomic mass is 16.5. The molecular weight excluding hydrogens is 430 g/mol. The van der Waals surface area contributed by atoms with Crippen LogP contribution in [0.1, 0.15) is 22.9 Å². The second-order valence-corrected chi connectivity index (χ2v) is 8.09. The number of Topliss-reactive ketones (excluding diaryl/α,β-unsaturated/α-hetero) is 1. The first-order valence-corrected chi connectivity index (χ1v) is 11.0. The van der Waals surface area contributed by atoms with Crippen LogP contribution in [0.5, 0.6) is 5.75 Å². The van der Waals surface area contributed by atoms with Crippen LogP contribution in [-0.2, 0) is 16.0 Å². The lowest BCUT2D eigenvalue weighted by Crippen LogP contribution is -2.32. The molecule has 1 saturated heterocycles. The number of H-pyrrole nitrogens is 1. The van der Waals surface area contributed by atoms with Gasteiger partial charge in [-0.2, -0.15) is 0 Å². The number of nitrogens with one attached hydrogen (secondary N) is 1. The number of pyridine rings is 1. The molecule has 1 unspecified atom stereocenters. The first kappa shape index (κ1) is 21.5. The van der Waals surface area contributed by atoms with Crippen molar-refractivity contribution in [1.82, 2.24) is 14.9 Å². The highest BCUT2D eigenvalue weighted by molar-refractivity contribution is 6.46. The molecular formula is C27H23N3O4. The topological polar surface area (TPSA) is 95.5 Å². The minimum Gasteiger partial charge on any atom is -0.507 e. The first-order chi connectivity index (χ1) is 16.6. The molecule has 3 heterocycles. The van der Waals surface area contributed by atoms with Gasteiger partial charge < -0.3 is 19.7 Å². The second kappa shape index (κ2) is 8.86. The van der Waals surface area contributed by atoms with Crippen molar-refractivity contribution in [3.63, 3.8) is 0 Å². The van der Waals surface area contributed by atoms with Gasteiger partial charge in [0.15, 0.2) is 0 Å². The van der Waals surface area contributed by atoms with Crippen molar-refractivity contribution in [2.45, 2.75) is 12.5 Å². The highest BCUT2D eigenvalue weighted by Crippen LogP contribution is 2.39. The van der Waals surface area contributed by atoms with Crippen LogP contribution in [0.4, 0.5) is 0 Å². The van der Waals surface area contributed by atoms with Gasteiger partial charge in [0.05, 0.1) is 18.4 Å². The number of aromatic nitrogens is 2. The zero-order chi connectivity index (χ0) is 23.7. The summed E-state index contributed by atoms with van der Waals surface area (Å²) in [5.74, 6) is -0.975. The number of rotatable bonds is 6. The molecule has 0 aliphatic carbocycles. The smallest absolute Gasteiger partial charge is 0.295 e. The number of methoxy groups -OCH3 is 1. The van der Waals surface area contributed by atoms with Gasteiger partial charge in [-0.3, -0.25) is 14.6 Å². The Bertz CT molecular complexity index is 1390. The molecule has 0 saturated carbocycles. The largest absolute Gasteiger partial charge is 0.507 e. The van der Waals surface area contributed by atoms with Gasteiger partial charge in [-0.15, -0.1) is 0 Å². The third-order valence-electron chi connectivity index (χ3n) is 6.17. The summed E-state index contributed by atoms with van der Waals surface area (Å²) in [5, 5.41) is 12.2. The Morgan fingerprint density at radius 2 is 1.82 bits per heavy atom. The molecule has 4 aromatic rings. The van der Waals surface area contributed by atoms with E-state index in [4.69, 9.17) is 4.74 Å². The number of aliphatic hydroxyl groups is 1. The van der Waals surface area contributed by atoms with Crippen molar-refractivity contribution in [3.05, 3.63) is 102 Å².